The fraction of sp³-hybridized carbons (Fsp3) is 0.929. The Bertz CT molecular complexity index is 283. The number of alkyl halides is 1. The number of esters is 1. The smallest absolute Gasteiger partial charge is 0.319 e. The van der Waals surface area contributed by atoms with Gasteiger partial charge in [-0.3, -0.25) is 9.69 Å². The van der Waals surface area contributed by atoms with Gasteiger partial charge in [0.2, 0.25) is 0 Å². The number of rotatable bonds is 4. The average Bonchev–Trinajstić information content (AvgIpc) is 2.43. The van der Waals surface area contributed by atoms with Crippen LogP contribution in [0.1, 0.15) is 45.4 Å². The van der Waals surface area contributed by atoms with Gasteiger partial charge in [0.1, 0.15) is 4.83 Å². The molecule has 4 heteroatoms. The van der Waals surface area contributed by atoms with E-state index in [1.807, 2.05) is 6.92 Å². The fourth-order valence-electron chi connectivity index (χ4n) is 3.22. The minimum Gasteiger partial charge on any atom is -0.464 e. The van der Waals surface area contributed by atoms with Gasteiger partial charge in [0, 0.05) is 12.0 Å². The number of piperidine rings is 2. The lowest BCUT2D eigenvalue weighted by Crippen LogP contribution is -2.49. The highest BCUT2D eigenvalue weighted by atomic mass is 79.9. The zero-order valence-corrected chi connectivity index (χ0v) is 12.8. The summed E-state index contributed by atoms with van der Waals surface area (Å²) < 4.78 is 5.47. The number of hydrogen-bond donors (Lipinski definition) is 0. The summed E-state index contributed by atoms with van der Waals surface area (Å²) in [6.07, 6.45) is 7.22. The second-order valence-electron chi connectivity index (χ2n) is 5.51. The van der Waals surface area contributed by atoms with E-state index in [4.69, 9.17) is 4.74 Å². The Morgan fingerprint density at radius 1 is 1.33 bits per heavy atom. The summed E-state index contributed by atoms with van der Waals surface area (Å²) in [6, 6.07) is 0.663. The lowest BCUT2D eigenvalue weighted by molar-refractivity contribution is -0.145. The van der Waals surface area contributed by atoms with Gasteiger partial charge in [0.15, 0.2) is 0 Å². The molecule has 2 saturated heterocycles. The molecule has 0 bridgehead atoms. The van der Waals surface area contributed by atoms with Gasteiger partial charge in [0.05, 0.1) is 6.61 Å². The molecule has 0 aliphatic carbocycles. The standard InChI is InChI=1S/C14H24BrNO2/c1-2-12(15)14(17)18-10-11-6-5-9-16-8-4-3-7-13(11)16/h11-13H,2-10H2,1H3/t11-,12-,13-/m1/s1. The van der Waals surface area contributed by atoms with Crippen LogP contribution in [0.4, 0.5) is 0 Å². The van der Waals surface area contributed by atoms with E-state index in [2.05, 4.69) is 20.8 Å². The summed E-state index contributed by atoms with van der Waals surface area (Å²) in [5, 5.41) is 0. The number of halogens is 1. The molecule has 18 heavy (non-hydrogen) atoms. The molecule has 0 amide bonds. The lowest BCUT2D eigenvalue weighted by Gasteiger charge is -2.44. The molecule has 104 valence electrons. The molecule has 0 radical (unpaired) electrons. The van der Waals surface area contributed by atoms with Crippen LogP contribution in [0, 0.1) is 5.92 Å². The maximum Gasteiger partial charge on any atom is 0.319 e. The zero-order valence-electron chi connectivity index (χ0n) is 11.2. The molecule has 0 unspecified atom stereocenters. The van der Waals surface area contributed by atoms with Gasteiger partial charge in [-0.25, -0.2) is 0 Å². The van der Waals surface area contributed by atoms with Crippen molar-refractivity contribution >= 4 is 21.9 Å². The zero-order chi connectivity index (χ0) is 13.0. The molecule has 2 heterocycles. The Morgan fingerprint density at radius 3 is 2.89 bits per heavy atom. The first kappa shape index (κ1) is 14.3. The van der Waals surface area contributed by atoms with Crippen LogP contribution in [-0.4, -0.2) is 41.4 Å². The van der Waals surface area contributed by atoms with Crippen LogP contribution in [0.25, 0.3) is 0 Å². The second kappa shape index (κ2) is 6.90. The Morgan fingerprint density at radius 2 is 2.11 bits per heavy atom. The van der Waals surface area contributed by atoms with Gasteiger partial charge in [-0.05, 0) is 45.2 Å². The topological polar surface area (TPSA) is 29.5 Å². The first-order valence-electron chi connectivity index (χ1n) is 7.27. The first-order valence-corrected chi connectivity index (χ1v) is 8.18. The molecular formula is C14H24BrNO2. The lowest BCUT2D eigenvalue weighted by atomic mass is 9.84. The van der Waals surface area contributed by atoms with Gasteiger partial charge < -0.3 is 4.74 Å². The highest BCUT2D eigenvalue weighted by Gasteiger charge is 2.33. The quantitative estimate of drug-likeness (QED) is 0.589. The van der Waals surface area contributed by atoms with E-state index >= 15 is 0 Å². The SMILES string of the molecule is CC[C@@H](Br)C(=O)OC[C@H]1CCCN2CCCC[C@H]12. The number of carbonyl (C=O) groups excluding carboxylic acids is 1. The van der Waals surface area contributed by atoms with Crippen molar-refractivity contribution in [2.24, 2.45) is 5.92 Å². The maximum atomic E-state index is 11.7. The first-order chi connectivity index (χ1) is 8.72. The predicted molar refractivity (Wildman–Crippen MR) is 75.9 cm³/mol. The predicted octanol–water partition coefficient (Wildman–Crippen LogP) is 2.97. The van der Waals surface area contributed by atoms with Crippen LogP contribution in [0.5, 0.6) is 0 Å². The number of hydrogen-bond acceptors (Lipinski definition) is 3. The van der Waals surface area contributed by atoms with Crippen LogP contribution in [0.2, 0.25) is 0 Å². The van der Waals surface area contributed by atoms with Crippen molar-refractivity contribution in [3.8, 4) is 0 Å². The molecule has 3 nitrogen and oxygen atoms in total. The summed E-state index contributed by atoms with van der Waals surface area (Å²) >= 11 is 3.35. The van der Waals surface area contributed by atoms with Crippen molar-refractivity contribution in [1.82, 2.24) is 4.90 Å². The van der Waals surface area contributed by atoms with E-state index in [1.54, 1.807) is 0 Å². The van der Waals surface area contributed by atoms with E-state index in [1.165, 1.54) is 45.2 Å². The molecule has 2 rings (SSSR count). The van der Waals surface area contributed by atoms with Gasteiger partial charge in [-0.15, -0.1) is 0 Å². The third kappa shape index (κ3) is 3.47. The monoisotopic (exact) mass is 317 g/mol. The molecular weight excluding hydrogens is 294 g/mol. The normalized spacial score (nSPS) is 30.6. The minimum atomic E-state index is -0.136. The third-order valence-corrected chi connectivity index (χ3v) is 5.30. The van der Waals surface area contributed by atoms with E-state index < -0.39 is 0 Å². The maximum absolute atomic E-state index is 11.7. The third-order valence-electron chi connectivity index (χ3n) is 4.28. The van der Waals surface area contributed by atoms with Gasteiger partial charge in [-0.2, -0.15) is 0 Å². The van der Waals surface area contributed by atoms with Crippen LogP contribution < -0.4 is 0 Å². The van der Waals surface area contributed by atoms with Gasteiger partial charge in [-0.1, -0.05) is 29.3 Å². The molecule has 3 atom stereocenters. The molecule has 0 saturated carbocycles. The molecule has 2 aliphatic heterocycles. The van der Waals surface area contributed by atoms with Gasteiger partial charge >= 0.3 is 5.97 Å². The molecule has 2 aliphatic rings. The van der Waals surface area contributed by atoms with Crippen molar-refractivity contribution in [2.75, 3.05) is 19.7 Å². The largest absolute Gasteiger partial charge is 0.464 e. The number of fused-ring (bicyclic) bond motifs is 1. The number of ether oxygens (including phenoxy) is 1. The van der Waals surface area contributed by atoms with Crippen molar-refractivity contribution in [3.05, 3.63) is 0 Å². The van der Waals surface area contributed by atoms with Crippen LogP contribution in [0.15, 0.2) is 0 Å². The molecule has 0 aromatic heterocycles. The molecule has 2 fully saturated rings. The van der Waals surface area contributed by atoms with E-state index in [0.717, 1.165) is 6.42 Å². The Labute approximate surface area is 118 Å². The number of nitrogens with zero attached hydrogens (tertiary/aromatic N) is 1. The van der Waals surface area contributed by atoms with E-state index in [-0.39, 0.29) is 10.8 Å². The van der Waals surface area contributed by atoms with E-state index in [9.17, 15) is 4.79 Å². The Balaban J connectivity index is 1.82. The van der Waals surface area contributed by atoms with Crippen molar-refractivity contribution < 1.29 is 9.53 Å². The highest BCUT2D eigenvalue weighted by molar-refractivity contribution is 9.10. The molecule has 0 aromatic carbocycles. The van der Waals surface area contributed by atoms with Crippen molar-refractivity contribution in [3.63, 3.8) is 0 Å². The van der Waals surface area contributed by atoms with Crippen LogP contribution in [0.3, 0.4) is 0 Å². The van der Waals surface area contributed by atoms with E-state index in [0.29, 0.717) is 18.6 Å². The molecule has 0 aromatic rings. The van der Waals surface area contributed by atoms with Crippen molar-refractivity contribution in [2.45, 2.75) is 56.3 Å². The summed E-state index contributed by atoms with van der Waals surface area (Å²) in [7, 11) is 0. The molecule has 0 N–H and O–H groups in total. The Kier molecular flexibility index (Phi) is 5.49. The Hall–Kier alpha value is -0.0900. The fourth-order valence-corrected chi connectivity index (χ4v) is 3.35. The van der Waals surface area contributed by atoms with Gasteiger partial charge in [0.25, 0.3) is 0 Å². The average molecular weight is 318 g/mol. The summed E-state index contributed by atoms with van der Waals surface area (Å²) in [4.78, 5) is 14.2. The second-order valence-corrected chi connectivity index (χ2v) is 6.61. The van der Waals surface area contributed by atoms with Crippen LogP contribution in [-0.2, 0) is 9.53 Å². The number of carbonyl (C=O) groups is 1. The minimum absolute atomic E-state index is 0.0922. The highest BCUT2D eigenvalue weighted by Crippen LogP contribution is 2.31. The summed E-state index contributed by atoms with van der Waals surface area (Å²) in [5.41, 5.74) is 0. The molecule has 0 spiro atoms. The summed E-state index contributed by atoms with van der Waals surface area (Å²) in [6.45, 7) is 5.09. The summed E-state index contributed by atoms with van der Waals surface area (Å²) in [5.74, 6) is 0.463. The van der Waals surface area contributed by atoms with Crippen molar-refractivity contribution in [1.29, 1.82) is 0 Å². The van der Waals surface area contributed by atoms with Crippen LogP contribution >= 0.6 is 15.9 Å².